The second kappa shape index (κ2) is 12.6. The summed E-state index contributed by atoms with van der Waals surface area (Å²) in [5.41, 5.74) is 1.37. The Morgan fingerprint density at radius 2 is 1.46 bits per heavy atom. The molecule has 3 nitrogen and oxygen atoms in total. The Balaban J connectivity index is 1.83. The monoisotopic (exact) mass is 578 g/mol. The average Bonchev–Trinajstić information content (AvgIpc) is 2.92. The van der Waals surface area contributed by atoms with Gasteiger partial charge in [-0.1, -0.05) is 0 Å². The van der Waals surface area contributed by atoms with Crippen LogP contribution in [0.15, 0.2) is 112 Å². The topological polar surface area (TPSA) is 27.7 Å². The number of rotatable bonds is 9. The van der Waals surface area contributed by atoms with Gasteiger partial charge in [-0.3, -0.25) is 0 Å². The van der Waals surface area contributed by atoms with E-state index in [1.54, 1.807) is 6.92 Å². The minimum atomic E-state index is -3.60. The molecule has 182 valence electrons. The molecule has 4 rings (SSSR count). The molecule has 2 atom stereocenters. The first-order valence-corrected chi connectivity index (χ1v) is 18.2. The molecule has 0 saturated carbocycles. The molecule has 0 amide bonds. The predicted molar refractivity (Wildman–Crippen MR) is 147 cm³/mol. The summed E-state index contributed by atoms with van der Waals surface area (Å²) in [6.07, 6.45) is 2.23. The van der Waals surface area contributed by atoms with Gasteiger partial charge in [0, 0.05) is 0 Å². The molecule has 0 spiro atoms. The van der Waals surface area contributed by atoms with E-state index in [9.17, 15) is 0 Å². The van der Waals surface area contributed by atoms with Crippen LogP contribution in [-0.2, 0) is 14.2 Å². The van der Waals surface area contributed by atoms with Crippen LogP contribution in [-0.4, -0.2) is 51.4 Å². The molecule has 1 saturated heterocycles. The molecule has 1 fully saturated rings. The molecule has 35 heavy (non-hydrogen) atoms. The van der Waals surface area contributed by atoms with Gasteiger partial charge in [0.05, 0.1) is 0 Å². The molecular formula is C31H36O3Sn. The third kappa shape index (κ3) is 6.08. The Labute approximate surface area is 217 Å². The quantitative estimate of drug-likeness (QED) is 0.275. The van der Waals surface area contributed by atoms with E-state index in [0.29, 0.717) is 19.0 Å². The number of benzene rings is 3. The molecule has 4 heteroatoms. The number of hydrogen-bond donors (Lipinski definition) is 0. The van der Waals surface area contributed by atoms with Crippen LogP contribution in [0.4, 0.5) is 0 Å². The third-order valence-electron chi connectivity index (χ3n) is 6.77. The fraction of sp³-hybridized carbons (Fsp3) is 0.290. The Hall–Kier alpha value is -2.34. The third-order valence-corrected chi connectivity index (χ3v) is 19.7. The van der Waals surface area contributed by atoms with E-state index in [-0.39, 0.29) is 12.0 Å². The van der Waals surface area contributed by atoms with Gasteiger partial charge in [0.15, 0.2) is 0 Å². The van der Waals surface area contributed by atoms with Crippen molar-refractivity contribution in [3.8, 4) is 0 Å². The molecule has 1 heterocycles. The van der Waals surface area contributed by atoms with Crippen molar-refractivity contribution >= 4 is 29.1 Å². The van der Waals surface area contributed by atoms with Gasteiger partial charge in [0.1, 0.15) is 0 Å². The first kappa shape index (κ1) is 23.1. The van der Waals surface area contributed by atoms with Crippen LogP contribution in [0, 0.1) is 5.92 Å². The van der Waals surface area contributed by atoms with E-state index >= 15 is 0 Å². The Morgan fingerprint density at radius 1 is 0.943 bits per heavy atom. The minimum absolute atomic E-state index is 0.00158. The first-order chi connectivity index (χ1) is 17.9. The van der Waals surface area contributed by atoms with E-state index in [1.807, 2.05) is 0 Å². The number of ether oxygens (including phenoxy) is 3. The van der Waals surface area contributed by atoms with Crippen LogP contribution < -0.4 is 10.7 Å². The maximum atomic E-state index is 7.87. The van der Waals surface area contributed by atoms with Gasteiger partial charge in [-0.2, -0.15) is 0 Å². The second-order valence-corrected chi connectivity index (χ2v) is 19.3. The number of hydrogen-bond acceptors (Lipinski definition) is 3. The molecule has 0 aliphatic carbocycles. The fourth-order valence-electron chi connectivity index (χ4n) is 4.92. The van der Waals surface area contributed by atoms with Crippen LogP contribution in [0.1, 0.15) is 23.0 Å². The summed E-state index contributed by atoms with van der Waals surface area (Å²) in [7, 11) is 1.35. The van der Waals surface area contributed by atoms with Crippen molar-refractivity contribution in [1.29, 1.82) is 0 Å². The van der Waals surface area contributed by atoms with E-state index in [0.717, 1.165) is 6.42 Å². The molecule has 0 N–H and O–H groups in total. The van der Waals surface area contributed by atoms with Crippen molar-refractivity contribution in [3.05, 3.63) is 112 Å². The Kier molecular flexibility index (Phi) is 8.29. The molecule has 1 aliphatic heterocycles. The summed E-state index contributed by atoms with van der Waals surface area (Å²) < 4.78 is 39.7. The van der Waals surface area contributed by atoms with Gasteiger partial charge in [-0.25, -0.2) is 0 Å². The first-order valence-electron chi connectivity index (χ1n) is 13.2. The van der Waals surface area contributed by atoms with Gasteiger partial charge in [-0.05, 0) is 0 Å². The molecule has 0 bridgehead atoms. The van der Waals surface area contributed by atoms with Gasteiger partial charge >= 0.3 is 218 Å². The van der Waals surface area contributed by atoms with E-state index in [1.165, 1.54) is 29.5 Å². The van der Waals surface area contributed by atoms with Crippen molar-refractivity contribution in [2.45, 2.75) is 26.4 Å². The van der Waals surface area contributed by atoms with Crippen molar-refractivity contribution in [3.63, 3.8) is 0 Å². The second-order valence-electron chi connectivity index (χ2n) is 8.95. The van der Waals surface area contributed by atoms with Gasteiger partial charge in [-0.15, -0.1) is 0 Å². The fourth-order valence-corrected chi connectivity index (χ4v) is 18.0. The standard InChI is InChI=1S/C13H21O3.3C6H5.Sn/c1-10-5-8-15-12(3)13(10)9-16-11(2)6-7-14-4;3*1-2-4-6-5-3-1;/h1,6,12-13H,5,7-9H2,2-4H3;3*1-5H;/b10-1?,11-6+;;;;/t12-,13-;;;;/m0..../s1/i7D2;;;;. The van der Waals surface area contributed by atoms with Gasteiger partial charge in [0.2, 0.25) is 0 Å². The van der Waals surface area contributed by atoms with Crippen molar-refractivity contribution < 1.29 is 17.0 Å². The molecule has 3 aromatic carbocycles. The maximum absolute atomic E-state index is 7.87. The van der Waals surface area contributed by atoms with Crippen molar-refractivity contribution in [2.24, 2.45) is 5.92 Å². The number of allylic oxidation sites excluding steroid dienone is 1. The van der Waals surface area contributed by atoms with Gasteiger partial charge < -0.3 is 0 Å². The van der Waals surface area contributed by atoms with Crippen molar-refractivity contribution in [1.82, 2.24) is 0 Å². The van der Waals surface area contributed by atoms with Gasteiger partial charge in [0.25, 0.3) is 0 Å². The van der Waals surface area contributed by atoms with Crippen LogP contribution in [0.25, 0.3) is 0 Å². The summed E-state index contributed by atoms with van der Waals surface area (Å²) in [6.45, 7) is 3.13. The van der Waals surface area contributed by atoms with Crippen molar-refractivity contribution in [2.75, 3.05) is 26.9 Å². The Morgan fingerprint density at radius 3 is 1.94 bits per heavy atom. The van der Waals surface area contributed by atoms with Crippen LogP contribution in [0.3, 0.4) is 0 Å². The zero-order valence-electron chi connectivity index (χ0n) is 22.8. The zero-order chi connectivity index (χ0) is 26.3. The summed E-state index contributed by atoms with van der Waals surface area (Å²) in [5.74, 6) is 0.575. The van der Waals surface area contributed by atoms with Crippen LogP contribution in [0.5, 0.6) is 0 Å². The predicted octanol–water partition coefficient (Wildman–Crippen LogP) is 4.61. The summed E-state index contributed by atoms with van der Waals surface area (Å²) in [5, 5.41) is 0. The number of methoxy groups -OCH3 is 1. The summed E-state index contributed by atoms with van der Waals surface area (Å²) >= 11 is -3.60. The average molecular weight is 577 g/mol. The summed E-state index contributed by atoms with van der Waals surface area (Å²) in [6, 6.07) is 32.9. The molecule has 0 aromatic heterocycles. The zero-order valence-corrected chi connectivity index (χ0v) is 23.7. The van der Waals surface area contributed by atoms with E-state index < -0.39 is 24.9 Å². The molecule has 0 unspecified atom stereocenters. The van der Waals surface area contributed by atoms with E-state index in [4.69, 9.17) is 17.0 Å². The summed E-state index contributed by atoms with van der Waals surface area (Å²) in [4.78, 5) is 0. The SMILES string of the molecule is [2H]C([2H])(/C=C(\C)OC[C@H]1/C(=[CH]/[Sn]([c]2ccccc2)([c]2ccccc2)[c]2ccccc2)CCO[C@H]1C)OC. The molecular weight excluding hydrogens is 539 g/mol. The Bertz CT molecular complexity index is 1100. The van der Waals surface area contributed by atoms with E-state index in [2.05, 4.69) is 102 Å². The van der Waals surface area contributed by atoms with Crippen LogP contribution in [0.2, 0.25) is 0 Å². The normalized spacial score (nSPS) is 21.3. The molecule has 3 aromatic rings. The van der Waals surface area contributed by atoms with Crippen LogP contribution >= 0.6 is 0 Å². The molecule has 0 radical (unpaired) electrons. The molecule has 1 aliphatic rings.